The summed E-state index contributed by atoms with van der Waals surface area (Å²) in [7, 11) is 0. The van der Waals surface area contributed by atoms with E-state index in [-0.39, 0.29) is 5.91 Å². The molecule has 0 radical (unpaired) electrons. The van der Waals surface area contributed by atoms with Crippen LogP contribution in [0.15, 0.2) is 0 Å². The quantitative estimate of drug-likeness (QED) is 0.752. The predicted octanol–water partition coefficient (Wildman–Crippen LogP) is 0.194. The molecule has 2 saturated heterocycles. The highest BCUT2D eigenvalue weighted by molar-refractivity contribution is 7.99. The lowest BCUT2D eigenvalue weighted by Gasteiger charge is -2.34. The molecule has 2 unspecified atom stereocenters. The Morgan fingerprint density at radius 3 is 2.88 bits per heavy atom. The Bertz CT molecular complexity index is 291. The normalized spacial score (nSPS) is 30.4. The molecular weight excluding hydrogens is 230 g/mol. The zero-order valence-corrected chi connectivity index (χ0v) is 9.74. The molecule has 1 N–H and O–H groups in total. The Balaban J connectivity index is 2.04. The highest BCUT2D eigenvalue weighted by Gasteiger charge is 2.37. The number of carbonyl (C=O) groups is 2. The molecule has 16 heavy (non-hydrogen) atoms. The summed E-state index contributed by atoms with van der Waals surface area (Å²) in [5.74, 6) is 0.222. The summed E-state index contributed by atoms with van der Waals surface area (Å²) in [6.45, 7) is 1.12. The highest BCUT2D eigenvalue weighted by atomic mass is 32.2. The standard InChI is InChI=1S/C10H15NO4S/c12-9(8-2-1-4-15-8)11-3-5-16-6-7(11)10(13)14/h7-8H,1-6H2,(H,13,14). The maximum atomic E-state index is 12.0. The van der Waals surface area contributed by atoms with Gasteiger partial charge in [-0.25, -0.2) is 4.79 Å². The van der Waals surface area contributed by atoms with Crippen LogP contribution in [0.1, 0.15) is 12.8 Å². The molecule has 0 aromatic heterocycles. The number of carboxylic acids is 1. The number of ether oxygens (including phenoxy) is 1. The van der Waals surface area contributed by atoms with Gasteiger partial charge in [-0.3, -0.25) is 4.79 Å². The third kappa shape index (κ3) is 2.32. The van der Waals surface area contributed by atoms with E-state index in [1.807, 2.05) is 0 Å². The number of carbonyl (C=O) groups excluding carboxylic acids is 1. The number of rotatable bonds is 2. The van der Waals surface area contributed by atoms with Crippen molar-refractivity contribution in [1.82, 2.24) is 4.90 Å². The Morgan fingerprint density at radius 2 is 2.25 bits per heavy atom. The third-order valence-electron chi connectivity index (χ3n) is 2.90. The summed E-state index contributed by atoms with van der Waals surface area (Å²) >= 11 is 1.58. The largest absolute Gasteiger partial charge is 0.480 e. The average Bonchev–Trinajstić information content (AvgIpc) is 2.81. The monoisotopic (exact) mass is 245 g/mol. The molecule has 2 rings (SSSR count). The van der Waals surface area contributed by atoms with Crippen molar-refractivity contribution in [2.75, 3.05) is 24.7 Å². The SMILES string of the molecule is O=C(O)C1CSCCN1C(=O)C1CCCO1. The number of amides is 1. The van der Waals surface area contributed by atoms with Gasteiger partial charge in [-0.2, -0.15) is 11.8 Å². The van der Waals surface area contributed by atoms with Crippen molar-refractivity contribution in [2.24, 2.45) is 0 Å². The molecule has 2 heterocycles. The van der Waals surface area contributed by atoms with Gasteiger partial charge in [0.05, 0.1) is 0 Å². The molecule has 5 nitrogen and oxygen atoms in total. The van der Waals surface area contributed by atoms with Crippen LogP contribution in [0.25, 0.3) is 0 Å². The molecule has 2 aliphatic heterocycles. The van der Waals surface area contributed by atoms with Crippen LogP contribution in [0.3, 0.4) is 0 Å². The van der Waals surface area contributed by atoms with Crippen molar-refractivity contribution < 1.29 is 19.4 Å². The minimum absolute atomic E-state index is 0.148. The predicted molar refractivity (Wildman–Crippen MR) is 59.4 cm³/mol. The molecule has 2 fully saturated rings. The van der Waals surface area contributed by atoms with Gasteiger partial charge in [-0.1, -0.05) is 0 Å². The Hall–Kier alpha value is -0.750. The lowest BCUT2D eigenvalue weighted by Crippen LogP contribution is -2.53. The summed E-state index contributed by atoms with van der Waals surface area (Å²) in [5.41, 5.74) is 0. The molecule has 1 amide bonds. The maximum absolute atomic E-state index is 12.0. The average molecular weight is 245 g/mol. The minimum Gasteiger partial charge on any atom is -0.480 e. The number of hydrogen-bond donors (Lipinski definition) is 1. The minimum atomic E-state index is -0.918. The van der Waals surface area contributed by atoms with Crippen molar-refractivity contribution >= 4 is 23.6 Å². The van der Waals surface area contributed by atoms with Crippen LogP contribution in [0.2, 0.25) is 0 Å². The Kier molecular flexibility index (Phi) is 3.70. The maximum Gasteiger partial charge on any atom is 0.327 e. The van der Waals surface area contributed by atoms with Crippen LogP contribution in [-0.4, -0.2) is 58.7 Å². The van der Waals surface area contributed by atoms with E-state index < -0.39 is 18.1 Å². The van der Waals surface area contributed by atoms with E-state index in [1.165, 1.54) is 4.90 Å². The fourth-order valence-electron chi connectivity index (χ4n) is 2.03. The van der Waals surface area contributed by atoms with Gasteiger partial charge < -0.3 is 14.7 Å². The van der Waals surface area contributed by atoms with E-state index in [0.29, 0.717) is 18.9 Å². The smallest absolute Gasteiger partial charge is 0.327 e. The highest BCUT2D eigenvalue weighted by Crippen LogP contribution is 2.21. The van der Waals surface area contributed by atoms with Crippen molar-refractivity contribution in [3.63, 3.8) is 0 Å². The molecule has 6 heteroatoms. The van der Waals surface area contributed by atoms with Gasteiger partial charge in [0, 0.05) is 24.7 Å². The molecule has 0 saturated carbocycles. The van der Waals surface area contributed by atoms with Crippen LogP contribution < -0.4 is 0 Å². The molecule has 0 bridgehead atoms. The summed E-state index contributed by atoms with van der Waals surface area (Å²) in [6.07, 6.45) is 1.19. The number of hydrogen-bond acceptors (Lipinski definition) is 4. The van der Waals surface area contributed by atoms with Crippen molar-refractivity contribution in [3.8, 4) is 0 Å². The van der Waals surface area contributed by atoms with Crippen molar-refractivity contribution in [2.45, 2.75) is 25.0 Å². The second-order valence-electron chi connectivity index (χ2n) is 3.96. The molecular formula is C10H15NO4S. The Morgan fingerprint density at radius 1 is 1.44 bits per heavy atom. The first kappa shape index (κ1) is 11.7. The van der Waals surface area contributed by atoms with Gasteiger partial charge in [-0.15, -0.1) is 0 Å². The molecule has 2 atom stereocenters. The van der Waals surface area contributed by atoms with Crippen LogP contribution in [0.5, 0.6) is 0 Å². The zero-order valence-electron chi connectivity index (χ0n) is 8.92. The van der Waals surface area contributed by atoms with Gasteiger partial charge in [0.1, 0.15) is 12.1 Å². The third-order valence-corrected chi connectivity index (χ3v) is 3.92. The van der Waals surface area contributed by atoms with E-state index in [2.05, 4.69) is 0 Å². The second-order valence-corrected chi connectivity index (χ2v) is 5.11. The first-order chi connectivity index (χ1) is 7.70. The van der Waals surface area contributed by atoms with E-state index in [1.54, 1.807) is 11.8 Å². The number of thioether (sulfide) groups is 1. The second kappa shape index (κ2) is 5.05. The molecule has 2 aliphatic rings. The van der Waals surface area contributed by atoms with Crippen molar-refractivity contribution in [3.05, 3.63) is 0 Å². The van der Waals surface area contributed by atoms with Crippen LogP contribution in [-0.2, 0) is 14.3 Å². The van der Waals surface area contributed by atoms with Gasteiger partial charge in [0.2, 0.25) is 0 Å². The van der Waals surface area contributed by atoms with Gasteiger partial charge >= 0.3 is 5.97 Å². The zero-order chi connectivity index (χ0) is 11.5. The van der Waals surface area contributed by atoms with E-state index in [0.717, 1.165) is 18.6 Å². The molecule has 90 valence electrons. The lowest BCUT2D eigenvalue weighted by molar-refractivity contribution is -0.153. The first-order valence-electron chi connectivity index (χ1n) is 5.43. The van der Waals surface area contributed by atoms with Gasteiger partial charge in [0.25, 0.3) is 5.91 Å². The van der Waals surface area contributed by atoms with Crippen LogP contribution in [0, 0.1) is 0 Å². The summed E-state index contributed by atoms with van der Waals surface area (Å²) in [4.78, 5) is 24.5. The Labute approximate surface area is 98.1 Å². The summed E-state index contributed by atoms with van der Waals surface area (Å²) in [5, 5.41) is 9.05. The molecule has 0 spiro atoms. The number of carboxylic acid groups (broad SMARTS) is 1. The topological polar surface area (TPSA) is 66.8 Å². The van der Waals surface area contributed by atoms with Gasteiger partial charge in [0.15, 0.2) is 0 Å². The van der Waals surface area contributed by atoms with E-state index in [9.17, 15) is 9.59 Å². The molecule has 0 aliphatic carbocycles. The van der Waals surface area contributed by atoms with E-state index in [4.69, 9.17) is 9.84 Å². The number of nitrogens with zero attached hydrogens (tertiary/aromatic N) is 1. The summed E-state index contributed by atoms with van der Waals surface area (Å²) in [6, 6.07) is -0.685. The first-order valence-corrected chi connectivity index (χ1v) is 6.58. The van der Waals surface area contributed by atoms with E-state index >= 15 is 0 Å². The number of aliphatic carboxylic acids is 1. The van der Waals surface area contributed by atoms with Crippen LogP contribution in [0.4, 0.5) is 0 Å². The lowest BCUT2D eigenvalue weighted by atomic mass is 10.2. The summed E-state index contributed by atoms with van der Waals surface area (Å²) < 4.78 is 5.31. The van der Waals surface area contributed by atoms with Crippen LogP contribution >= 0.6 is 11.8 Å². The fourth-order valence-corrected chi connectivity index (χ4v) is 3.07. The van der Waals surface area contributed by atoms with Gasteiger partial charge in [-0.05, 0) is 12.8 Å². The molecule has 0 aromatic carbocycles. The molecule has 0 aromatic rings. The fraction of sp³-hybridized carbons (Fsp3) is 0.800. The van der Waals surface area contributed by atoms with Crippen molar-refractivity contribution in [1.29, 1.82) is 0 Å².